The van der Waals surface area contributed by atoms with Gasteiger partial charge in [0.25, 0.3) is 5.91 Å². The molecule has 0 aromatic carbocycles. The molecule has 1 rings (SSSR count). The summed E-state index contributed by atoms with van der Waals surface area (Å²) in [5.74, 6) is -0.812. The van der Waals surface area contributed by atoms with E-state index in [2.05, 4.69) is 4.84 Å². The van der Waals surface area contributed by atoms with Crippen molar-refractivity contribution in [3.63, 3.8) is 0 Å². The molecule has 1 atom stereocenters. The lowest BCUT2D eigenvalue weighted by Gasteiger charge is -2.12. The molecule has 0 saturated carbocycles. The third-order valence-corrected chi connectivity index (χ3v) is 1.44. The molecule has 1 heterocycles. The molecule has 1 amide bonds. The highest BCUT2D eigenvalue weighted by molar-refractivity contribution is 5.84. The van der Waals surface area contributed by atoms with Gasteiger partial charge in [-0.2, -0.15) is 5.06 Å². The lowest BCUT2D eigenvalue weighted by atomic mass is 10.3. The van der Waals surface area contributed by atoms with E-state index in [1.807, 2.05) is 0 Å². The minimum atomic E-state index is -0.505. The van der Waals surface area contributed by atoms with Crippen molar-refractivity contribution in [2.75, 3.05) is 6.54 Å². The van der Waals surface area contributed by atoms with Crippen LogP contribution in [0.4, 0.5) is 0 Å². The summed E-state index contributed by atoms with van der Waals surface area (Å²) in [5, 5.41) is 1.01. The third-order valence-electron chi connectivity index (χ3n) is 1.44. The summed E-state index contributed by atoms with van der Waals surface area (Å²) in [6.45, 7) is 1.65. The van der Waals surface area contributed by atoms with Crippen molar-refractivity contribution in [1.29, 1.82) is 0 Å². The van der Waals surface area contributed by atoms with Crippen molar-refractivity contribution in [2.45, 2.75) is 19.4 Å². The summed E-state index contributed by atoms with van der Waals surface area (Å²) >= 11 is 0. The Morgan fingerprint density at radius 2 is 2.45 bits per heavy atom. The average Bonchev–Trinajstić information content (AvgIpc) is 2.18. The van der Waals surface area contributed by atoms with E-state index >= 15 is 0 Å². The number of carbonyl (C=O) groups excluding carboxylic acids is 2. The second-order valence-electron chi connectivity index (χ2n) is 2.42. The van der Waals surface area contributed by atoms with Gasteiger partial charge in [-0.05, 0) is 6.42 Å². The zero-order valence-corrected chi connectivity index (χ0v) is 6.24. The topological polar surface area (TPSA) is 72.6 Å². The minimum absolute atomic E-state index is 0.319. The maximum Gasteiger partial charge on any atom is 0.329 e. The molecule has 11 heavy (non-hydrogen) atoms. The van der Waals surface area contributed by atoms with Crippen LogP contribution in [0, 0.1) is 0 Å². The fourth-order valence-corrected chi connectivity index (χ4v) is 0.921. The molecule has 0 radical (unpaired) electrons. The van der Waals surface area contributed by atoms with Crippen LogP contribution in [0.5, 0.6) is 0 Å². The predicted octanol–water partition coefficient (Wildman–Crippen LogP) is -0.976. The number of hydrogen-bond acceptors (Lipinski definition) is 4. The number of nitrogens with two attached hydrogens (primary N) is 1. The Morgan fingerprint density at radius 1 is 1.82 bits per heavy atom. The van der Waals surface area contributed by atoms with Gasteiger partial charge in [-0.25, -0.2) is 0 Å². The van der Waals surface area contributed by atoms with Crippen molar-refractivity contribution < 1.29 is 14.4 Å². The quantitative estimate of drug-likeness (QED) is 0.532. The first kappa shape index (κ1) is 8.00. The summed E-state index contributed by atoms with van der Waals surface area (Å²) in [6.07, 6.45) is 0.548. The molecular formula is C6H10N2O3. The van der Waals surface area contributed by atoms with Gasteiger partial charge in [0, 0.05) is 6.92 Å². The van der Waals surface area contributed by atoms with Crippen LogP contribution in [-0.2, 0) is 14.4 Å². The summed E-state index contributed by atoms with van der Waals surface area (Å²) in [7, 11) is 0. The normalized spacial score (nSPS) is 24.0. The van der Waals surface area contributed by atoms with E-state index in [0.717, 1.165) is 5.06 Å². The molecule has 1 saturated heterocycles. The Kier molecular flexibility index (Phi) is 2.09. The first-order valence-corrected chi connectivity index (χ1v) is 3.37. The van der Waals surface area contributed by atoms with Crippen molar-refractivity contribution in [3.8, 4) is 0 Å². The van der Waals surface area contributed by atoms with Crippen LogP contribution in [0.25, 0.3) is 0 Å². The molecule has 1 aliphatic heterocycles. The Morgan fingerprint density at radius 3 is 2.82 bits per heavy atom. The van der Waals surface area contributed by atoms with Gasteiger partial charge in [0.2, 0.25) is 0 Å². The summed E-state index contributed by atoms with van der Waals surface area (Å²) in [5.41, 5.74) is 5.36. The van der Waals surface area contributed by atoms with Crippen LogP contribution >= 0.6 is 0 Å². The van der Waals surface area contributed by atoms with Crippen LogP contribution in [0.15, 0.2) is 0 Å². The van der Waals surface area contributed by atoms with E-state index in [1.165, 1.54) is 6.92 Å². The van der Waals surface area contributed by atoms with Crippen LogP contribution in [0.3, 0.4) is 0 Å². The van der Waals surface area contributed by atoms with E-state index < -0.39 is 12.0 Å². The van der Waals surface area contributed by atoms with Crippen LogP contribution < -0.4 is 5.73 Å². The van der Waals surface area contributed by atoms with E-state index in [9.17, 15) is 9.59 Å². The molecule has 0 aliphatic carbocycles. The van der Waals surface area contributed by atoms with Crippen molar-refractivity contribution >= 4 is 11.9 Å². The molecule has 0 aromatic rings. The van der Waals surface area contributed by atoms with E-state index in [4.69, 9.17) is 5.73 Å². The van der Waals surface area contributed by atoms with Crippen molar-refractivity contribution in [2.24, 2.45) is 5.73 Å². The van der Waals surface area contributed by atoms with Crippen LogP contribution in [-0.4, -0.2) is 29.5 Å². The summed E-state index contributed by atoms with van der Waals surface area (Å²) in [6, 6.07) is -0.505. The number of amides is 1. The highest BCUT2D eigenvalue weighted by Crippen LogP contribution is 2.08. The smallest absolute Gasteiger partial charge is 0.329 e. The van der Waals surface area contributed by atoms with Crippen molar-refractivity contribution in [3.05, 3.63) is 0 Å². The van der Waals surface area contributed by atoms with E-state index in [0.29, 0.717) is 13.0 Å². The standard InChI is InChI=1S/C6H10N2O3/c1-4(9)11-8-3-2-5(7)6(8)10/h5H,2-3,7H2,1H3. The number of carbonyl (C=O) groups is 2. The van der Waals surface area contributed by atoms with Crippen LogP contribution in [0.1, 0.15) is 13.3 Å². The molecule has 1 aliphatic rings. The highest BCUT2D eigenvalue weighted by Gasteiger charge is 2.30. The van der Waals surface area contributed by atoms with Gasteiger partial charge in [-0.3, -0.25) is 9.59 Å². The van der Waals surface area contributed by atoms with E-state index in [-0.39, 0.29) is 5.91 Å². The van der Waals surface area contributed by atoms with E-state index in [1.54, 1.807) is 0 Å². The van der Waals surface area contributed by atoms with Gasteiger partial charge in [-0.15, -0.1) is 0 Å². The minimum Gasteiger partial charge on any atom is -0.338 e. The molecule has 2 N–H and O–H groups in total. The van der Waals surface area contributed by atoms with Crippen molar-refractivity contribution in [1.82, 2.24) is 5.06 Å². The predicted molar refractivity (Wildman–Crippen MR) is 36.1 cm³/mol. The van der Waals surface area contributed by atoms with Gasteiger partial charge >= 0.3 is 5.97 Å². The monoisotopic (exact) mass is 158 g/mol. The van der Waals surface area contributed by atoms with Gasteiger partial charge in [0.1, 0.15) is 0 Å². The number of nitrogens with zero attached hydrogens (tertiary/aromatic N) is 1. The van der Waals surface area contributed by atoms with Gasteiger partial charge in [0.15, 0.2) is 0 Å². The summed E-state index contributed by atoms with van der Waals surface area (Å²) in [4.78, 5) is 25.9. The average molecular weight is 158 g/mol. The highest BCUT2D eigenvalue weighted by atomic mass is 16.7. The lowest BCUT2D eigenvalue weighted by molar-refractivity contribution is -0.191. The SMILES string of the molecule is CC(=O)ON1CCC(N)C1=O. The fraction of sp³-hybridized carbons (Fsp3) is 0.667. The second-order valence-corrected chi connectivity index (χ2v) is 2.42. The maximum atomic E-state index is 11.0. The summed E-state index contributed by atoms with van der Waals surface area (Å²) < 4.78 is 0. The molecule has 0 bridgehead atoms. The molecule has 5 nitrogen and oxygen atoms in total. The molecule has 62 valence electrons. The van der Waals surface area contributed by atoms with Gasteiger partial charge in [-0.1, -0.05) is 0 Å². The Bertz CT molecular complexity index is 192. The largest absolute Gasteiger partial charge is 0.338 e. The fourth-order valence-electron chi connectivity index (χ4n) is 0.921. The van der Waals surface area contributed by atoms with Crippen LogP contribution in [0.2, 0.25) is 0 Å². The maximum absolute atomic E-state index is 11.0. The molecular weight excluding hydrogens is 148 g/mol. The zero-order valence-electron chi connectivity index (χ0n) is 6.24. The lowest BCUT2D eigenvalue weighted by Crippen LogP contribution is -2.35. The van der Waals surface area contributed by atoms with Gasteiger partial charge in [0.05, 0.1) is 12.6 Å². The number of hydrogen-bond donors (Lipinski definition) is 1. The molecule has 5 heteroatoms. The Labute approximate surface area is 64.0 Å². The third kappa shape index (κ3) is 1.68. The number of rotatable bonds is 1. The molecule has 1 unspecified atom stereocenters. The number of hydroxylamine groups is 2. The molecule has 0 spiro atoms. The first-order chi connectivity index (χ1) is 5.11. The Balaban J connectivity index is 2.49. The molecule has 1 fully saturated rings. The first-order valence-electron chi connectivity index (χ1n) is 3.37. The zero-order chi connectivity index (χ0) is 8.43. The Hall–Kier alpha value is -1.10. The van der Waals surface area contributed by atoms with Gasteiger partial charge < -0.3 is 10.6 Å². The molecule has 0 aromatic heterocycles. The second kappa shape index (κ2) is 2.87.